The molecule has 4 rings (SSSR count). The average Bonchev–Trinajstić information content (AvgIpc) is 3.24. The van der Waals surface area contributed by atoms with Crippen LogP contribution in [0, 0.1) is 5.92 Å². The van der Waals surface area contributed by atoms with Gasteiger partial charge >= 0.3 is 6.18 Å². The number of pyridine rings is 2. The Morgan fingerprint density at radius 2 is 1.76 bits per heavy atom. The lowest BCUT2D eigenvalue weighted by atomic mass is 9.99. The van der Waals surface area contributed by atoms with Crippen LogP contribution in [0.25, 0.3) is 0 Å². The van der Waals surface area contributed by atoms with Crippen LogP contribution >= 0.6 is 0 Å². The SMILES string of the molecule is CCS(=O)(=O)c1ccc(CNC(=O)c2cnc3c(c2)CN(Cc2ccc(C(F)(F)F)nc2)[C@H]3C(C)C)cc1. The number of benzene rings is 1. The van der Waals surface area contributed by atoms with Crippen LogP contribution in [0.3, 0.4) is 0 Å². The second-order valence-corrected chi connectivity index (χ2v) is 11.9. The predicted molar refractivity (Wildman–Crippen MR) is 136 cm³/mol. The van der Waals surface area contributed by atoms with Gasteiger partial charge in [-0.15, -0.1) is 0 Å². The number of nitrogens with zero attached hydrogens (tertiary/aromatic N) is 3. The number of hydrogen-bond acceptors (Lipinski definition) is 6. The third-order valence-electron chi connectivity index (χ3n) is 6.56. The van der Waals surface area contributed by atoms with Crippen LogP contribution in [0.1, 0.15) is 65.2 Å². The lowest BCUT2D eigenvalue weighted by Crippen LogP contribution is -2.26. The summed E-state index contributed by atoms with van der Waals surface area (Å²) in [6.07, 6.45) is -1.70. The molecule has 0 saturated heterocycles. The monoisotopic (exact) mass is 546 g/mol. The summed E-state index contributed by atoms with van der Waals surface area (Å²) in [4.78, 5) is 23.4. The van der Waals surface area contributed by atoms with Crippen LogP contribution in [0.15, 0.2) is 59.8 Å². The topological polar surface area (TPSA) is 92.3 Å². The summed E-state index contributed by atoms with van der Waals surface area (Å²) in [5.41, 5.74) is 2.64. The van der Waals surface area contributed by atoms with Crippen molar-refractivity contribution in [3.63, 3.8) is 0 Å². The van der Waals surface area contributed by atoms with E-state index in [9.17, 15) is 26.4 Å². The normalized spacial score (nSPS) is 16.0. The molecule has 1 N–H and O–H groups in total. The maximum atomic E-state index is 12.9. The molecule has 1 aliphatic rings. The number of fused-ring (bicyclic) bond motifs is 1. The van der Waals surface area contributed by atoms with E-state index >= 15 is 0 Å². The van der Waals surface area contributed by atoms with Crippen molar-refractivity contribution in [2.75, 3.05) is 5.75 Å². The smallest absolute Gasteiger partial charge is 0.348 e. The number of nitrogens with one attached hydrogen (secondary N) is 1. The molecule has 0 saturated carbocycles. The molecular weight excluding hydrogens is 517 g/mol. The molecule has 1 aromatic carbocycles. The molecule has 0 aliphatic carbocycles. The summed E-state index contributed by atoms with van der Waals surface area (Å²) >= 11 is 0. The first kappa shape index (κ1) is 27.7. The minimum atomic E-state index is -4.48. The number of sulfone groups is 1. The van der Waals surface area contributed by atoms with Crippen molar-refractivity contribution in [3.8, 4) is 0 Å². The maximum absolute atomic E-state index is 12.9. The molecule has 1 amide bonds. The van der Waals surface area contributed by atoms with Gasteiger partial charge in [-0.3, -0.25) is 19.7 Å². The molecule has 3 aromatic rings. The van der Waals surface area contributed by atoms with Crippen LogP contribution in [0.5, 0.6) is 0 Å². The van der Waals surface area contributed by atoms with Crippen molar-refractivity contribution < 1.29 is 26.4 Å². The number of carbonyl (C=O) groups excluding carboxylic acids is 1. The van der Waals surface area contributed by atoms with E-state index in [2.05, 4.69) is 34.0 Å². The zero-order valence-electron chi connectivity index (χ0n) is 21.3. The van der Waals surface area contributed by atoms with Gasteiger partial charge in [0.05, 0.1) is 27.9 Å². The largest absolute Gasteiger partial charge is 0.433 e. The van der Waals surface area contributed by atoms with Gasteiger partial charge in [0.2, 0.25) is 0 Å². The molecule has 38 heavy (non-hydrogen) atoms. The maximum Gasteiger partial charge on any atom is 0.433 e. The number of amides is 1. The average molecular weight is 547 g/mol. The van der Waals surface area contributed by atoms with Crippen LogP contribution in [0.4, 0.5) is 13.2 Å². The van der Waals surface area contributed by atoms with Gasteiger partial charge in [0.1, 0.15) is 5.69 Å². The van der Waals surface area contributed by atoms with Gasteiger partial charge < -0.3 is 5.32 Å². The fraction of sp³-hybridized carbons (Fsp3) is 0.370. The van der Waals surface area contributed by atoms with E-state index in [4.69, 9.17) is 0 Å². The summed E-state index contributed by atoms with van der Waals surface area (Å²) in [7, 11) is -3.29. The predicted octanol–water partition coefficient (Wildman–Crippen LogP) is 4.93. The summed E-state index contributed by atoms with van der Waals surface area (Å²) in [6.45, 7) is 6.82. The van der Waals surface area contributed by atoms with Crippen molar-refractivity contribution in [1.82, 2.24) is 20.2 Å². The first-order valence-corrected chi connectivity index (χ1v) is 13.9. The number of aromatic nitrogens is 2. The zero-order chi connectivity index (χ0) is 27.7. The second-order valence-electron chi connectivity index (χ2n) is 9.64. The number of rotatable bonds is 8. The summed E-state index contributed by atoms with van der Waals surface area (Å²) < 4.78 is 62.5. The van der Waals surface area contributed by atoms with Crippen LogP contribution in [-0.4, -0.2) is 34.9 Å². The molecule has 0 unspecified atom stereocenters. The van der Waals surface area contributed by atoms with Gasteiger partial charge in [0.25, 0.3) is 5.91 Å². The third kappa shape index (κ3) is 6.05. The molecule has 11 heteroatoms. The molecule has 202 valence electrons. The second kappa shape index (κ2) is 10.8. The van der Waals surface area contributed by atoms with E-state index in [0.717, 1.165) is 22.9 Å². The van der Waals surface area contributed by atoms with Crippen molar-refractivity contribution in [2.45, 2.75) is 57.5 Å². The highest BCUT2D eigenvalue weighted by Gasteiger charge is 2.35. The Bertz CT molecular complexity index is 1410. The number of halogens is 3. The molecule has 3 heterocycles. The third-order valence-corrected chi connectivity index (χ3v) is 8.31. The minimum absolute atomic E-state index is 0.0186. The van der Waals surface area contributed by atoms with Crippen molar-refractivity contribution in [1.29, 1.82) is 0 Å². The fourth-order valence-electron chi connectivity index (χ4n) is 4.61. The molecule has 1 atom stereocenters. The lowest BCUT2D eigenvalue weighted by Gasteiger charge is -2.27. The van der Waals surface area contributed by atoms with Gasteiger partial charge in [-0.2, -0.15) is 13.2 Å². The Morgan fingerprint density at radius 3 is 2.34 bits per heavy atom. The highest BCUT2D eigenvalue weighted by atomic mass is 32.2. The molecule has 0 bridgehead atoms. The van der Waals surface area contributed by atoms with Gasteiger partial charge in [-0.05, 0) is 46.9 Å². The van der Waals surface area contributed by atoms with E-state index in [0.29, 0.717) is 24.2 Å². The first-order valence-electron chi connectivity index (χ1n) is 12.2. The highest BCUT2D eigenvalue weighted by Crippen LogP contribution is 2.38. The Balaban J connectivity index is 1.44. The molecule has 0 spiro atoms. The summed E-state index contributed by atoms with van der Waals surface area (Å²) in [5.74, 6) is -0.104. The minimum Gasteiger partial charge on any atom is -0.348 e. The van der Waals surface area contributed by atoms with Crippen LogP contribution < -0.4 is 5.32 Å². The Morgan fingerprint density at radius 1 is 1.08 bits per heavy atom. The van der Waals surface area contributed by atoms with Crippen molar-refractivity contribution >= 4 is 15.7 Å². The summed E-state index contributed by atoms with van der Waals surface area (Å²) in [6, 6.07) is 10.6. The van der Waals surface area contributed by atoms with Crippen molar-refractivity contribution in [3.05, 3.63) is 88.5 Å². The number of hydrogen-bond donors (Lipinski definition) is 1. The zero-order valence-corrected chi connectivity index (χ0v) is 22.1. The quantitative estimate of drug-likeness (QED) is 0.431. The number of alkyl halides is 3. The van der Waals surface area contributed by atoms with Gasteiger partial charge in [-0.1, -0.05) is 39.0 Å². The van der Waals surface area contributed by atoms with Crippen LogP contribution in [0.2, 0.25) is 0 Å². The lowest BCUT2D eigenvalue weighted by molar-refractivity contribution is -0.141. The fourth-order valence-corrected chi connectivity index (χ4v) is 5.49. The highest BCUT2D eigenvalue weighted by molar-refractivity contribution is 7.91. The molecule has 0 fully saturated rings. The standard InChI is InChI=1S/C27H29F3N4O3S/c1-4-38(36,37)22-8-5-18(6-9-22)12-33-26(35)20-11-21-16-34(25(17(2)3)24(21)32-14-20)15-19-7-10-23(31-13-19)27(28,29)30/h5-11,13-14,17,25H,4,12,15-16H2,1-3H3,(H,33,35)/t25-/m0/s1. The Kier molecular flexibility index (Phi) is 7.89. The first-order chi connectivity index (χ1) is 17.9. The van der Waals surface area contributed by atoms with Crippen molar-refractivity contribution in [2.24, 2.45) is 5.92 Å². The molecular formula is C27H29F3N4O3S. The Hall–Kier alpha value is -3.31. The molecule has 1 aliphatic heterocycles. The molecule has 0 radical (unpaired) electrons. The van der Waals surface area contributed by atoms with E-state index in [1.807, 2.05) is 0 Å². The number of carbonyl (C=O) groups is 1. The van der Waals surface area contributed by atoms with E-state index in [1.165, 1.54) is 30.6 Å². The van der Waals surface area contributed by atoms with E-state index in [1.54, 1.807) is 25.1 Å². The van der Waals surface area contributed by atoms with Crippen LogP contribution in [-0.2, 0) is 35.6 Å². The summed E-state index contributed by atoms with van der Waals surface area (Å²) in [5, 5.41) is 2.84. The van der Waals surface area contributed by atoms with Gasteiger partial charge in [0.15, 0.2) is 9.84 Å². The van der Waals surface area contributed by atoms with E-state index < -0.39 is 21.7 Å². The Labute approximate surface area is 220 Å². The van der Waals surface area contributed by atoms with Gasteiger partial charge in [-0.25, -0.2) is 8.42 Å². The molecule has 7 nitrogen and oxygen atoms in total. The van der Waals surface area contributed by atoms with E-state index in [-0.39, 0.29) is 35.1 Å². The molecule has 2 aromatic heterocycles. The van der Waals surface area contributed by atoms with Gasteiger partial charge in [0, 0.05) is 32.0 Å².